The number of ether oxygens (including phenoxy) is 1. The summed E-state index contributed by atoms with van der Waals surface area (Å²) in [6.45, 7) is 1.86. The predicted octanol–water partition coefficient (Wildman–Crippen LogP) is 4.51. The van der Waals surface area contributed by atoms with Gasteiger partial charge >= 0.3 is 0 Å². The largest absolute Gasteiger partial charge is 0.497 e. The van der Waals surface area contributed by atoms with E-state index in [9.17, 15) is 17.6 Å². The zero-order valence-electron chi connectivity index (χ0n) is 19.8. The van der Waals surface area contributed by atoms with E-state index in [4.69, 9.17) is 4.74 Å². The molecule has 3 heterocycles. The SMILES string of the molecule is COc1ccc2[nH]cc(C3CCN(C(=O)c4ccc(F)c(S(=O)(=O)N5CCCCC5)c4)CC3)c2c1. The third-order valence-corrected chi connectivity index (χ3v) is 9.17. The van der Waals surface area contributed by atoms with Crippen molar-refractivity contribution in [2.45, 2.75) is 42.9 Å². The minimum Gasteiger partial charge on any atom is -0.497 e. The van der Waals surface area contributed by atoms with Crippen LogP contribution in [0.1, 0.15) is 53.9 Å². The molecule has 1 amide bonds. The molecule has 1 aromatic heterocycles. The van der Waals surface area contributed by atoms with Crippen molar-refractivity contribution in [2.24, 2.45) is 0 Å². The Kier molecular flexibility index (Phi) is 6.55. The first kappa shape index (κ1) is 23.8. The Balaban J connectivity index is 1.31. The van der Waals surface area contributed by atoms with E-state index >= 15 is 0 Å². The number of carbonyl (C=O) groups is 1. The van der Waals surface area contributed by atoms with Crippen molar-refractivity contribution in [3.05, 3.63) is 59.5 Å². The number of H-pyrrole nitrogens is 1. The van der Waals surface area contributed by atoms with Crippen LogP contribution in [0.15, 0.2) is 47.5 Å². The highest BCUT2D eigenvalue weighted by Gasteiger charge is 2.31. The molecule has 2 aliphatic rings. The van der Waals surface area contributed by atoms with Gasteiger partial charge in [-0.25, -0.2) is 12.8 Å². The van der Waals surface area contributed by atoms with Crippen LogP contribution in [0.25, 0.3) is 10.9 Å². The molecule has 0 radical (unpaired) electrons. The van der Waals surface area contributed by atoms with Gasteiger partial charge in [0.15, 0.2) is 0 Å². The number of rotatable bonds is 5. The van der Waals surface area contributed by atoms with Gasteiger partial charge in [0.1, 0.15) is 16.5 Å². The predicted molar refractivity (Wildman–Crippen MR) is 132 cm³/mol. The molecule has 2 saturated heterocycles. The Hall–Kier alpha value is -2.91. The van der Waals surface area contributed by atoms with E-state index in [0.29, 0.717) is 32.1 Å². The molecule has 2 aromatic carbocycles. The Labute approximate surface area is 204 Å². The summed E-state index contributed by atoms with van der Waals surface area (Å²) in [4.78, 5) is 17.9. The minimum absolute atomic E-state index is 0.206. The number of piperidine rings is 2. The normalized spacial score (nSPS) is 18.2. The number of amides is 1. The Morgan fingerprint density at radius 3 is 2.49 bits per heavy atom. The molecule has 0 unspecified atom stereocenters. The van der Waals surface area contributed by atoms with E-state index in [1.54, 1.807) is 12.0 Å². The second-order valence-corrected chi connectivity index (χ2v) is 11.2. The van der Waals surface area contributed by atoms with Gasteiger partial charge in [-0.05, 0) is 73.6 Å². The molecular weight excluding hydrogens is 469 g/mol. The number of halogens is 1. The quantitative estimate of drug-likeness (QED) is 0.560. The fourth-order valence-corrected chi connectivity index (χ4v) is 6.85. The Morgan fingerprint density at radius 2 is 1.77 bits per heavy atom. The van der Waals surface area contributed by atoms with E-state index in [1.807, 2.05) is 24.4 Å². The molecule has 0 aliphatic carbocycles. The number of aromatic nitrogens is 1. The highest BCUT2D eigenvalue weighted by atomic mass is 32.2. The first-order chi connectivity index (χ1) is 16.9. The monoisotopic (exact) mass is 499 g/mol. The number of hydrogen-bond acceptors (Lipinski definition) is 4. The summed E-state index contributed by atoms with van der Waals surface area (Å²) in [6.07, 6.45) is 6.10. The summed E-state index contributed by atoms with van der Waals surface area (Å²) >= 11 is 0. The van der Waals surface area contributed by atoms with Crippen LogP contribution >= 0.6 is 0 Å². The molecule has 9 heteroatoms. The summed E-state index contributed by atoms with van der Waals surface area (Å²) in [5, 5.41) is 1.13. The molecule has 7 nitrogen and oxygen atoms in total. The fourth-order valence-electron chi connectivity index (χ4n) is 5.24. The summed E-state index contributed by atoms with van der Waals surface area (Å²) in [6, 6.07) is 9.63. The van der Waals surface area contributed by atoms with Gasteiger partial charge in [0.25, 0.3) is 5.91 Å². The molecule has 1 N–H and O–H groups in total. The fraction of sp³-hybridized carbons (Fsp3) is 0.423. The highest BCUT2D eigenvalue weighted by Crippen LogP contribution is 2.35. The molecule has 0 spiro atoms. The molecule has 2 aliphatic heterocycles. The number of nitrogens with zero attached hydrogens (tertiary/aromatic N) is 2. The number of methoxy groups -OCH3 is 1. The summed E-state index contributed by atoms with van der Waals surface area (Å²) in [5.41, 5.74) is 2.47. The van der Waals surface area contributed by atoms with Gasteiger partial charge in [0, 0.05) is 48.8 Å². The number of aromatic amines is 1. The van der Waals surface area contributed by atoms with Crippen molar-refractivity contribution < 1.29 is 22.3 Å². The maximum atomic E-state index is 14.6. The van der Waals surface area contributed by atoms with Crippen LogP contribution in [0.5, 0.6) is 5.75 Å². The minimum atomic E-state index is -3.97. The zero-order chi connectivity index (χ0) is 24.6. The van der Waals surface area contributed by atoms with E-state index in [1.165, 1.54) is 22.0 Å². The van der Waals surface area contributed by atoms with Crippen LogP contribution in [0.2, 0.25) is 0 Å². The molecule has 5 rings (SSSR count). The van der Waals surface area contributed by atoms with Crippen molar-refractivity contribution in [3.63, 3.8) is 0 Å². The van der Waals surface area contributed by atoms with Crippen LogP contribution in [0, 0.1) is 5.82 Å². The van der Waals surface area contributed by atoms with Gasteiger partial charge in [-0.1, -0.05) is 6.42 Å². The van der Waals surface area contributed by atoms with Gasteiger partial charge in [-0.15, -0.1) is 0 Å². The van der Waals surface area contributed by atoms with Crippen LogP contribution in [-0.4, -0.2) is 61.8 Å². The first-order valence-corrected chi connectivity index (χ1v) is 13.6. The maximum Gasteiger partial charge on any atom is 0.253 e. The average molecular weight is 500 g/mol. The number of likely N-dealkylation sites (tertiary alicyclic amines) is 1. The molecule has 0 atom stereocenters. The number of fused-ring (bicyclic) bond motifs is 1. The van der Waals surface area contributed by atoms with Crippen molar-refractivity contribution in [2.75, 3.05) is 33.3 Å². The van der Waals surface area contributed by atoms with E-state index in [-0.39, 0.29) is 11.5 Å². The molecule has 0 saturated carbocycles. The topological polar surface area (TPSA) is 82.7 Å². The Bertz CT molecular complexity index is 1340. The third-order valence-electron chi connectivity index (χ3n) is 7.25. The standard InChI is InChI=1S/C26H30FN3O4S/c1-34-20-6-8-24-21(16-20)22(17-28-24)18-9-13-29(14-10-18)26(31)19-5-7-23(27)25(15-19)35(32,33)30-11-3-2-4-12-30/h5-8,15-18,28H,2-4,9-14H2,1H3. The number of hydrogen-bond donors (Lipinski definition) is 1. The van der Waals surface area contributed by atoms with E-state index in [2.05, 4.69) is 4.98 Å². The van der Waals surface area contributed by atoms with Crippen LogP contribution in [0.3, 0.4) is 0 Å². The molecular formula is C26H30FN3O4S. The van der Waals surface area contributed by atoms with Crippen molar-refractivity contribution in [3.8, 4) is 5.75 Å². The van der Waals surface area contributed by atoms with Gasteiger partial charge in [0.05, 0.1) is 7.11 Å². The molecule has 3 aromatic rings. The molecule has 186 valence electrons. The Morgan fingerprint density at radius 1 is 1.03 bits per heavy atom. The molecule has 2 fully saturated rings. The summed E-state index contributed by atoms with van der Waals surface area (Å²) in [5.74, 6) is 0.0143. The van der Waals surface area contributed by atoms with Crippen molar-refractivity contribution in [1.29, 1.82) is 0 Å². The van der Waals surface area contributed by atoms with E-state index < -0.39 is 20.7 Å². The van der Waals surface area contributed by atoms with Crippen LogP contribution in [0.4, 0.5) is 4.39 Å². The van der Waals surface area contributed by atoms with Gasteiger partial charge < -0.3 is 14.6 Å². The average Bonchev–Trinajstić information content (AvgIpc) is 3.32. The first-order valence-electron chi connectivity index (χ1n) is 12.1. The lowest BCUT2D eigenvalue weighted by atomic mass is 9.89. The highest BCUT2D eigenvalue weighted by molar-refractivity contribution is 7.89. The summed E-state index contributed by atoms with van der Waals surface area (Å²) in [7, 11) is -2.32. The zero-order valence-corrected chi connectivity index (χ0v) is 20.6. The number of nitrogens with one attached hydrogen (secondary N) is 1. The molecule has 35 heavy (non-hydrogen) atoms. The van der Waals surface area contributed by atoms with Crippen LogP contribution in [-0.2, 0) is 10.0 Å². The maximum absolute atomic E-state index is 14.6. The summed E-state index contributed by atoms with van der Waals surface area (Å²) < 4.78 is 47.3. The second-order valence-electron chi connectivity index (χ2n) is 9.33. The smallest absolute Gasteiger partial charge is 0.253 e. The molecule has 0 bridgehead atoms. The lowest BCUT2D eigenvalue weighted by molar-refractivity contribution is 0.0713. The number of sulfonamides is 1. The third kappa shape index (κ3) is 4.54. The van der Waals surface area contributed by atoms with Gasteiger partial charge in [-0.3, -0.25) is 4.79 Å². The van der Waals surface area contributed by atoms with Gasteiger partial charge in [0.2, 0.25) is 10.0 Å². The lowest BCUT2D eigenvalue weighted by Gasteiger charge is -2.32. The van der Waals surface area contributed by atoms with E-state index in [0.717, 1.165) is 54.8 Å². The van der Waals surface area contributed by atoms with Crippen LogP contribution < -0.4 is 4.74 Å². The lowest BCUT2D eigenvalue weighted by Crippen LogP contribution is -2.38. The number of carbonyl (C=O) groups excluding carboxylic acids is 1. The van der Waals surface area contributed by atoms with Gasteiger partial charge in [-0.2, -0.15) is 4.31 Å². The second kappa shape index (κ2) is 9.62. The van der Waals surface area contributed by atoms with Crippen molar-refractivity contribution in [1.82, 2.24) is 14.2 Å². The number of benzene rings is 2. The van der Waals surface area contributed by atoms with Crippen molar-refractivity contribution >= 4 is 26.8 Å².